The van der Waals surface area contributed by atoms with Crippen molar-refractivity contribution in [3.63, 3.8) is 0 Å². The molecule has 31 heavy (non-hydrogen) atoms. The van der Waals surface area contributed by atoms with Crippen molar-refractivity contribution in [3.8, 4) is 11.3 Å². The molecule has 1 N–H and O–H groups in total. The van der Waals surface area contributed by atoms with Gasteiger partial charge in [-0.15, -0.1) is 0 Å². The SMILES string of the molecule is CCc1nc(NCCCN2CCc3ccccc3C2)c2onc(-c3ccccc3)c2n1. The molecule has 0 saturated heterocycles. The fourth-order valence-corrected chi connectivity index (χ4v) is 4.20. The van der Waals surface area contributed by atoms with Gasteiger partial charge in [-0.2, -0.15) is 0 Å². The number of rotatable bonds is 7. The van der Waals surface area contributed by atoms with Gasteiger partial charge in [0.2, 0.25) is 5.58 Å². The molecule has 4 aromatic rings. The van der Waals surface area contributed by atoms with E-state index in [9.17, 15) is 0 Å². The van der Waals surface area contributed by atoms with Crippen molar-refractivity contribution in [2.24, 2.45) is 0 Å². The molecule has 0 unspecified atom stereocenters. The van der Waals surface area contributed by atoms with Crippen LogP contribution in [0.4, 0.5) is 5.82 Å². The molecule has 0 radical (unpaired) electrons. The summed E-state index contributed by atoms with van der Waals surface area (Å²) in [6.45, 7) is 6.11. The third kappa shape index (κ3) is 4.16. The highest BCUT2D eigenvalue weighted by atomic mass is 16.5. The third-order valence-electron chi connectivity index (χ3n) is 5.88. The largest absolute Gasteiger partial charge is 0.367 e. The van der Waals surface area contributed by atoms with Gasteiger partial charge < -0.3 is 9.84 Å². The molecule has 0 aliphatic carbocycles. The first kappa shape index (κ1) is 19.7. The van der Waals surface area contributed by atoms with Gasteiger partial charge in [0.25, 0.3) is 0 Å². The van der Waals surface area contributed by atoms with Gasteiger partial charge >= 0.3 is 0 Å². The normalized spacial score (nSPS) is 14.0. The Morgan fingerprint density at radius 2 is 1.81 bits per heavy atom. The Morgan fingerprint density at radius 1 is 1.00 bits per heavy atom. The van der Waals surface area contributed by atoms with Gasteiger partial charge in [0, 0.05) is 38.2 Å². The van der Waals surface area contributed by atoms with E-state index in [0.717, 1.165) is 73.9 Å². The van der Waals surface area contributed by atoms with Crippen molar-refractivity contribution in [3.05, 3.63) is 71.5 Å². The molecule has 1 aliphatic heterocycles. The summed E-state index contributed by atoms with van der Waals surface area (Å²) in [4.78, 5) is 11.9. The minimum Gasteiger partial charge on any atom is -0.367 e. The van der Waals surface area contributed by atoms with Crippen LogP contribution in [0, 0.1) is 0 Å². The zero-order valence-electron chi connectivity index (χ0n) is 17.8. The van der Waals surface area contributed by atoms with Gasteiger partial charge in [-0.3, -0.25) is 4.90 Å². The molecule has 0 atom stereocenters. The van der Waals surface area contributed by atoms with Crippen LogP contribution in [0.2, 0.25) is 0 Å². The Balaban J connectivity index is 1.27. The highest BCUT2D eigenvalue weighted by Crippen LogP contribution is 2.30. The molecule has 6 heteroatoms. The Kier molecular flexibility index (Phi) is 5.63. The molecule has 0 amide bonds. The minimum atomic E-state index is 0.628. The number of aryl methyl sites for hydroxylation is 1. The number of anilines is 1. The second-order valence-electron chi connectivity index (χ2n) is 7.99. The van der Waals surface area contributed by atoms with Gasteiger partial charge in [-0.25, -0.2) is 9.97 Å². The molecule has 0 saturated carbocycles. The number of aromatic nitrogens is 3. The predicted octanol–water partition coefficient (Wildman–Crippen LogP) is 4.71. The van der Waals surface area contributed by atoms with Crippen LogP contribution in [-0.4, -0.2) is 39.7 Å². The van der Waals surface area contributed by atoms with E-state index in [1.165, 1.54) is 11.1 Å². The van der Waals surface area contributed by atoms with Crippen LogP contribution in [-0.2, 0) is 19.4 Å². The fraction of sp³-hybridized carbons (Fsp3) is 0.320. The first-order chi connectivity index (χ1) is 15.3. The zero-order chi connectivity index (χ0) is 21.0. The maximum absolute atomic E-state index is 5.67. The summed E-state index contributed by atoms with van der Waals surface area (Å²) < 4.78 is 5.67. The van der Waals surface area contributed by atoms with Gasteiger partial charge in [0.1, 0.15) is 17.0 Å². The summed E-state index contributed by atoms with van der Waals surface area (Å²) in [5.41, 5.74) is 6.12. The second-order valence-corrected chi connectivity index (χ2v) is 7.99. The quantitative estimate of drug-likeness (QED) is 0.443. The van der Waals surface area contributed by atoms with E-state index in [2.05, 4.69) is 51.5 Å². The van der Waals surface area contributed by atoms with Gasteiger partial charge in [-0.05, 0) is 24.0 Å². The highest BCUT2D eigenvalue weighted by molar-refractivity contribution is 5.93. The van der Waals surface area contributed by atoms with Crippen molar-refractivity contribution in [1.29, 1.82) is 0 Å². The maximum Gasteiger partial charge on any atom is 0.228 e. The summed E-state index contributed by atoms with van der Waals surface area (Å²) in [5.74, 6) is 1.53. The fourth-order valence-electron chi connectivity index (χ4n) is 4.20. The lowest BCUT2D eigenvalue weighted by Crippen LogP contribution is -2.32. The molecule has 1 aliphatic rings. The molecule has 3 heterocycles. The van der Waals surface area contributed by atoms with Crippen molar-refractivity contribution >= 4 is 16.9 Å². The lowest BCUT2D eigenvalue weighted by atomic mass is 10.00. The molecule has 0 bridgehead atoms. The average Bonchev–Trinajstić information content (AvgIpc) is 3.26. The molecule has 0 spiro atoms. The first-order valence-electron chi connectivity index (χ1n) is 11.1. The number of hydrogen-bond donors (Lipinski definition) is 1. The average molecular weight is 414 g/mol. The summed E-state index contributed by atoms with van der Waals surface area (Å²) in [5, 5.41) is 7.77. The van der Waals surface area contributed by atoms with Crippen molar-refractivity contribution in [2.45, 2.75) is 32.7 Å². The Bertz CT molecular complexity index is 1170. The zero-order valence-corrected chi connectivity index (χ0v) is 17.8. The van der Waals surface area contributed by atoms with Crippen LogP contribution in [0.5, 0.6) is 0 Å². The summed E-state index contributed by atoms with van der Waals surface area (Å²) in [6.07, 6.45) is 2.93. The smallest absolute Gasteiger partial charge is 0.228 e. The summed E-state index contributed by atoms with van der Waals surface area (Å²) >= 11 is 0. The van der Waals surface area contributed by atoms with E-state index in [-0.39, 0.29) is 0 Å². The number of nitrogens with one attached hydrogen (secondary N) is 1. The monoisotopic (exact) mass is 413 g/mol. The van der Waals surface area contributed by atoms with Crippen LogP contribution in [0.25, 0.3) is 22.4 Å². The number of benzene rings is 2. The molecule has 2 aromatic carbocycles. The van der Waals surface area contributed by atoms with Gasteiger partial charge in [0.15, 0.2) is 5.82 Å². The second kappa shape index (κ2) is 8.86. The van der Waals surface area contributed by atoms with E-state index >= 15 is 0 Å². The van der Waals surface area contributed by atoms with Crippen molar-refractivity contribution < 1.29 is 4.52 Å². The lowest BCUT2D eigenvalue weighted by molar-refractivity contribution is 0.253. The highest BCUT2D eigenvalue weighted by Gasteiger charge is 2.18. The molecular formula is C25H27N5O. The van der Waals surface area contributed by atoms with Crippen LogP contribution in [0.1, 0.15) is 30.3 Å². The predicted molar refractivity (Wildman–Crippen MR) is 123 cm³/mol. The van der Waals surface area contributed by atoms with Gasteiger partial charge in [0.05, 0.1) is 0 Å². The van der Waals surface area contributed by atoms with E-state index in [4.69, 9.17) is 9.51 Å². The third-order valence-corrected chi connectivity index (χ3v) is 5.88. The molecule has 2 aromatic heterocycles. The van der Waals surface area contributed by atoms with Crippen LogP contribution >= 0.6 is 0 Å². The van der Waals surface area contributed by atoms with Crippen molar-refractivity contribution in [1.82, 2.24) is 20.0 Å². The lowest BCUT2D eigenvalue weighted by Gasteiger charge is -2.28. The molecular weight excluding hydrogens is 386 g/mol. The Morgan fingerprint density at radius 3 is 2.65 bits per heavy atom. The van der Waals surface area contributed by atoms with E-state index in [1.54, 1.807) is 0 Å². The van der Waals surface area contributed by atoms with E-state index in [0.29, 0.717) is 5.58 Å². The van der Waals surface area contributed by atoms with E-state index < -0.39 is 0 Å². The number of fused-ring (bicyclic) bond motifs is 2. The molecule has 0 fully saturated rings. The topological polar surface area (TPSA) is 67.1 Å². The number of nitrogens with zero attached hydrogens (tertiary/aromatic N) is 4. The van der Waals surface area contributed by atoms with Gasteiger partial charge in [-0.1, -0.05) is 66.7 Å². The summed E-state index contributed by atoms with van der Waals surface area (Å²) in [7, 11) is 0. The number of hydrogen-bond acceptors (Lipinski definition) is 6. The van der Waals surface area contributed by atoms with Crippen LogP contribution in [0.3, 0.4) is 0 Å². The standard InChI is InChI=1S/C25H27N5O/c1-2-21-27-23-22(19-10-4-3-5-11-19)29-31-24(23)25(28-21)26-14-8-15-30-16-13-18-9-6-7-12-20(18)17-30/h3-7,9-12H,2,8,13-17H2,1H3,(H,26,27,28). The molecule has 6 nitrogen and oxygen atoms in total. The van der Waals surface area contributed by atoms with E-state index in [1.807, 2.05) is 30.3 Å². The maximum atomic E-state index is 5.67. The summed E-state index contributed by atoms with van der Waals surface area (Å²) in [6, 6.07) is 18.8. The van der Waals surface area contributed by atoms with Crippen molar-refractivity contribution in [2.75, 3.05) is 25.0 Å². The molecule has 5 rings (SSSR count). The minimum absolute atomic E-state index is 0.628. The first-order valence-corrected chi connectivity index (χ1v) is 11.1. The Labute approximate surface area is 182 Å². The van der Waals surface area contributed by atoms with Crippen LogP contribution < -0.4 is 5.32 Å². The Hall–Kier alpha value is -3.25. The molecule has 158 valence electrons. The van der Waals surface area contributed by atoms with Crippen LogP contribution in [0.15, 0.2) is 59.1 Å².